The predicted octanol–water partition coefficient (Wildman–Crippen LogP) is 0.368. The van der Waals surface area contributed by atoms with E-state index in [-0.39, 0.29) is 0 Å². The SMILES string of the molecule is CC[N](C)[Al]([N](C)CC)[N](C)CCN(C)C. The smallest absolute Gasteiger partial charge is 0.360 e. The molecule has 0 radical (unpaired) electrons. The van der Waals surface area contributed by atoms with E-state index >= 15 is 0 Å². The number of hydrogen-bond acceptors (Lipinski definition) is 4. The summed E-state index contributed by atoms with van der Waals surface area (Å²) in [7, 11) is 11.0. The first kappa shape index (κ1) is 16.4. The molecule has 0 atom stereocenters. The van der Waals surface area contributed by atoms with Crippen molar-refractivity contribution >= 4 is 14.8 Å². The fourth-order valence-corrected chi connectivity index (χ4v) is 4.83. The van der Waals surface area contributed by atoms with Crippen LogP contribution in [-0.4, -0.2) is 92.8 Å². The summed E-state index contributed by atoms with van der Waals surface area (Å²) in [6.45, 7) is 9.03. The third kappa shape index (κ3) is 5.63. The molecule has 0 spiro atoms. The van der Waals surface area contributed by atoms with Crippen molar-refractivity contribution in [3.63, 3.8) is 0 Å². The van der Waals surface area contributed by atoms with Gasteiger partial charge in [0, 0.05) is 6.54 Å². The number of likely N-dealkylation sites (N-methyl/N-ethyl adjacent to an activating group) is 2. The van der Waals surface area contributed by atoms with Crippen molar-refractivity contribution < 1.29 is 0 Å². The van der Waals surface area contributed by atoms with Gasteiger partial charge in [0.1, 0.15) is 0 Å². The van der Waals surface area contributed by atoms with Crippen LogP contribution in [0, 0.1) is 0 Å². The zero-order valence-electron chi connectivity index (χ0n) is 12.2. The Labute approximate surface area is 107 Å². The van der Waals surface area contributed by atoms with E-state index in [1.807, 2.05) is 0 Å². The lowest BCUT2D eigenvalue weighted by Gasteiger charge is -2.35. The maximum Gasteiger partial charge on any atom is 0.608 e. The minimum Gasteiger partial charge on any atom is -0.360 e. The molecule has 0 N–H and O–H groups in total. The zero-order chi connectivity index (χ0) is 12.7. The first-order valence-corrected chi connectivity index (χ1v) is 7.74. The Morgan fingerprint density at radius 1 is 0.688 bits per heavy atom. The molecule has 0 saturated carbocycles. The van der Waals surface area contributed by atoms with Gasteiger partial charge in [-0.2, -0.15) is 0 Å². The molecule has 96 valence electrons. The van der Waals surface area contributed by atoms with Gasteiger partial charge in [-0.05, 0) is 54.9 Å². The number of hydrogen-bond donors (Lipinski definition) is 0. The third-order valence-electron chi connectivity index (χ3n) is 3.08. The molecule has 0 bridgehead atoms. The van der Waals surface area contributed by atoms with Crippen LogP contribution >= 0.6 is 0 Å². The molecule has 0 rings (SSSR count). The van der Waals surface area contributed by atoms with Crippen LogP contribution < -0.4 is 0 Å². The Balaban J connectivity index is 4.37. The quantitative estimate of drug-likeness (QED) is 0.572. The Morgan fingerprint density at radius 2 is 1.12 bits per heavy atom. The fourth-order valence-electron chi connectivity index (χ4n) is 1.81. The minimum atomic E-state index is -1.10. The van der Waals surface area contributed by atoms with E-state index in [0.29, 0.717) is 0 Å². The number of rotatable bonds is 8. The Bertz CT molecular complexity index is 167. The van der Waals surface area contributed by atoms with Gasteiger partial charge in [0.2, 0.25) is 0 Å². The summed E-state index contributed by atoms with van der Waals surface area (Å²) in [5.41, 5.74) is 0. The van der Waals surface area contributed by atoms with Crippen molar-refractivity contribution in [2.45, 2.75) is 13.8 Å². The molecule has 0 amide bonds. The van der Waals surface area contributed by atoms with Gasteiger partial charge in [0.25, 0.3) is 0 Å². The summed E-state index contributed by atoms with van der Waals surface area (Å²) >= 11 is -1.10. The summed E-state index contributed by atoms with van der Waals surface area (Å²) in [5, 5.41) is 0. The first-order chi connectivity index (χ1) is 7.43. The Hall–Kier alpha value is 0.372. The average Bonchev–Trinajstić information content (AvgIpc) is 2.25. The summed E-state index contributed by atoms with van der Waals surface area (Å²) < 4.78 is 7.57. The van der Waals surface area contributed by atoms with Gasteiger partial charge in [-0.25, -0.2) is 0 Å². The maximum atomic E-state index is 2.55. The van der Waals surface area contributed by atoms with Crippen LogP contribution in [0.25, 0.3) is 0 Å². The summed E-state index contributed by atoms with van der Waals surface area (Å²) in [5.74, 6) is 0. The molecule has 16 heavy (non-hydrogen) atoms. The molecule has 0 aromatic heterocycles. The van der Waals surface area contributed by atoms with E-state index in [2.05, 4.69) is 65.6 Å². The maximum absolute atomic E-state index is 2.55. The van der Waals surface area contributed by atoms with Crippen LogP contribution in [-0.2, 0) is 0 Å². The molecule has 0 aliphatic carbocycles. The Kier molecular flexibility index (Phi) is 8.66. The van der Waals surface area contributed by atoms with Crippen LogP contribution in [0.3, 0.4) is 0 Å². The second-order valence-corrected chi connectivity index (χ2v) is 8.11. The molecule has 0 fully saturated rings. The third-order valence-corrected chi connectivity index (χ3v) is 6.43. The molecule has 4 nitrogen and oxygen atoms in total. The highest BCUT2D eigenvalue weighted by atomic mass is 27.2. The lowest BCUT2D eigenvalue weighted by molar-refractivity contribution is 0.309. The van der Waals surface area contributed by atoms with E-state index in [1.165, 1.54) is 0 Å². The van der Waals surface area contributed by atoms with Crippen molar-refractivity contribution in [2.24, 2.45) is 0 Å². The van der Waals surface area contributed by atoms with Crippen molar-refractivity contribution in [3.05, 3.63) is 0 Å². The highest BCUT2D eigenvalue weighted by molar-refractivity contribution is 6.49. The normalized spacial score (nSPS) is 12.2. The fraction of sp³-hybridized carbons (Fsp3) is 1.00. The molecule has 0 aromatic carbocycles. The highest BCUT2D eigenvalue weighted by Gasteiger charge is 2.34. The standard InChI is InChI=1S/C5H13N2.2C3H8N.Al/c1-6-4-5-7(2)3;2*1-3-4-2;/h4-5H2,1-3H3;2*3H2,1-2H3;/q3*-1;+3. The van der Waals surface area contributed by atoms with E-state index < -0.39 is 14.8 Å². The number of nitrogens with zero attached hydrogens (tertiary/aromatic N) is 4. The monoisotopic (exact) mass is 244 g/mol. The lowest BCUT2D eigenvalue weighted by atomic mass is 10.6. The van der Waals surface area contributed by atoms with Crippen LogP contribution in [0.2, 0.25) is 0 Å². The first-order valence-electron chi connectivity index (χ1n) is 6.19. The summed E-state index contributed by atoms with van der Waals surface area (Å²) in [4.78, 5) is 2.25. The van der Waals surface area contributed by atoms with E-state index in [1.54, 1.807) is 0 Å². The molecule has 0 unspecified atom stereocenters. The largest absolute Gasteiger partial charge is 0.608 e. The zero-order valence-corrected chi connectivity index (χ0v) is 13.3. The van der Waals surface area contributed by atoms with Gasteiger partial charge in [-0.15, -0.1) is 0 Å². The van der Waals surface area contributed by atoms with Crippen molar-refractivity contribution in [2.75, 3.05) is 61.4 Å². The predicted molar refractivity (Wildman–Crippen MR) is 73.5 cm³/mol. The van der Waals surface area contributed by atoms with Crippen LogP contribution in [0.5, 0.6) is 0 Å². The second-order valence-electron chi connectivity index (χ2n) is 4.78. The molecule has 0 heterocycles. The van der Waals surface area contributed by atoms with Gasteiger partial charge >= 0.3 is 14.8 Å². The van der Waals surface area contributed by atoms with Crippen molar-refractivity contribution in [1.82, 2.24) is 16.6 Å². The molecular weight excluding hydrogens is 215 g/mol. The molecule has 0 saturated heterocycles. The van der Waals surface area contributed by atoms with Crippen molar-refractivity contribution in [3.8, 4) is 0 Å². The second kappa shape index (κ2) is 8.46. The summed E-state index contributed by atoms with van der Waals surface area (Å²) in [6, 6.07) is 0. The van der Waals surface area contributed by atoms with E-state index in [4.69, 9.17) is 0 Å². The van der Waals surface area contributed by atoms with Gasteiger partial charge in [0.05, 0.1) is 0 Å². The average molecular weight is 244 g/mol. The highest BCUT2D eigenvalue weighted by Crippen LogP contribution is 2.01. The lowest BCUT2D eigenvalue weighted by Crippen LogP contribution is -2.60. The van der Waals surface area contributed by atoms with Gasteiger partial charge < -0.3 is 16.6 Å². The van der Waals surface area contributed by atoms with Crippen LogP contribution in [0.15, 0.2) is 0 Å². The van der Waals surface area contributed by atoms with Crippen molar-refractivity contribution in [1.29, 1.82) is 0 Å². The molecule has 0 aliphatic rings. The minimum absolute atomic E-state index is 1.10. The van der Waals surface area contributed by atoms with E-state index in [0.717, 1.165) is 26.2 Å². The molecule has 5 heteroatoms. The molecule has 0 aromatic rings. The van der Waals surface area contributed by atoms with Gasteiger partial charge in [-0.1, -0.05) is 13.8 Å². The summed E-state index contributed by atoms with van der Waals surface area (Å²) in [6.07, 6.45) is 0. The van der Waals surface area contributed by atoms with E-state index in [9.17, 15) is 0 Å². The van der Waals surface area contributed by atoms with Gasteiger partial charge in [0.15, 0.2) is 0 Å². The molecule has 0 aliphatic heterocycles. The van der Waals surface area contributed by atoms with Crippen LogP contribution in [0.1, 0.15) is 13.8 Å². The van der Waals surface area contributed by atoms with Gasteiger partial charge in [-0.3, -0.25) is 0 Å². The molecular formula is C11H29AlN4. The topological polar surface area (TPSA) is 13.0 Å². The Morgan fingerprint density at radius 3 is 1.44 bits per heavy atom. The van der Waals surface area contributed by atoms with Crippen LogP contribution in [0.4, 0.5) is 0 Å².